The predicted molar refractivity (Wildman–Crippen MR) is 77.3 cm³/mol. The van der Waals surface area contributed by atoms with E-state index in [-0.39, 0.29) is 22.4 Å². The molecule has 1 heterocycles. The molecule has 0 saturated heterocycles. The van der Waals surface area contributed by atoms with Crippen LogP contribution in [0, 0.1) is 0 Å². The number of benzene rings is 2. The summed E-state index contributed by atoms with van der Waals surface area (Å²) < 4.78 is 5.46. The van der Waals surface area contributed by atoms with Gasteiger partial charge < -0.3 is 14.8 Å². The Bertz CT molecular complexity index is 762. The number of hydrogen-bond donors (Lipinski definition) is 2. The molecule has 1 aromatic heterocycles. The standard InChI is InChI=1S/C15H10ClNO3/c16-11-6-5-10(8-12(11)18)17-15(19)14-7-9-3-1-2-4-13(9)20-14/h1-8,18H,(H,17,19). The molecule has 0 spiro atoms. The van der Waals surface area contributed by atoms with Crippen LogP contribution < -0.4 is 5.32 Å². The van der Waals surface area contributed by atoms with Crippen LogP contribution in [0.25, 0.3) is 11.0 Å². The van der Waals surface area contributed by atoms with Gasteiger partial charge in [-0.05, 0) is 24.3 Å². The van der Waals surface area contributed by atoms with Crippen molar-refractivity contribution < 1.29 is 14.3 Å². The van der Waals surface area contributed by atoms with Crippen molar-refractivity contribution in [2.24, 2.45) is 0 Å². The summed E-state index contributed by atoms with van der Waals surface area (Å²) in [6.45, 7) is 0. The van der Waals surface area contributed by atoms with Crippen molar-refractivity contribution in [3.05, 3.63) is 59.3 Å². The summed E-state index contributed by atoms with van der Waals surface area (Å²) in [5.41, 5.74) is 1.09. The maximum absolute atomic E-state index is 12.1. The molecule has 2 aromatic carbocycles. The van der Waals surface area contributed by atoms with Gasteiger partial charge in [-0.2, -0.15) is 0 Å². The van der Waals surface area contributed by atoms with E-state index in [2.05, 4.69) is 5.32 Å². The summed E-state index contributed by atoms with van der Waals surface area (Å²) in [5.74, 6) is -0.266. The zero-order valence-corrected chi connectivity index (χ0v) is 11.0. The molecule has 20 heavy (non-hydrogen) atoms. The van der Waals surface area contributed by atoms with Crippen molar-refractivity contribution in [3.8, 4) is 5.75 Å². The van der Waals surface area contributed by atoms with Gasteiger partial charge in [-0.3, -0.25) is 4.79 Å². The first-order chi connectivity index (χ1) is 9.63. The monoisotopic (exact) mass is 287 g/mol. The molecule has 4 nitrogen and oxygen atoms in total. The first kappa shape index (κ1) is 12.6. The topological polar surface area (TPSA) is 62.5 Å². The lowest BCUT2D eigenvalue weighted by Crippen LogP contribution is -2.10. The smallest absolute Gasteiger partial charge is 0.291 e. The Morgan fingerprint density at radius 1 is 1.15 bits per heavy atom. The zero-order chi connectivity index (χ0) is 14.1. The summed E-state index contributed by atoms with van der Waals surface area (Å²) in [6, 6.07) is 13.5. The molecule has 0 unspecified atom stereocenters. The molecule has 3 rings (SSSR count). The van der Waals surface area contributed by atoms with Crippen molar-refractivity contribution in [1.29, 1.82) is 0 Å². The number of furan rings is 1. The minimum atomic E-state index is -0.386. The number of hydrogen-bond acceptors (Lipinski definition) is 3. The Balaban J connectivity index is 1.86. The fraction of sp³-hybridized carbons (Fsp3) is 0. The molecule has 0 saturated carbocycles. The molecule has 0 aliphatic rings. The number of phenols is 1. The lowest BCUT2D eigenvalue weighted by atomic mass is 10.2. The van der Waals surface area contributed by atoms with Crippen molar-refractivity contribution in [2.45, 2.75) is 0 Å². The predicted octanol–water partition coefficient (Wildman–Crippen LogP) is 4.04. The highest BCUT2D eigenvalue weighted by Crippen LogP contribution is 2.27. The van der Waals surface area contributed by atoms with Crippen LogP contribution >= 0.6 is 11.6 Å². The van der Waals surface area contributed by atoms with Crippen LogP contribution in [0.5, 0.6) is 5.75 Å². The molecule has 5 heteroatoms. The van der Waals surface area contributed by atoms with Crippen LogP contribution in [0.3, 0.4) is 0 Å². The van der Waals surface area contributed by atoms with E-state index in [1.54, 1.807) is 18.2 Å². The first-order valence-electron chi connectivity index (χ1n) is 5.92. The van der Waals surface area contributed by atoms with E-state index in [9.17, 15) is 9.90 Å². The third kappa shape index (κ3) is 2.33. The molecule has 0 radical (unpaired) electrons. The molecular formula is C15H10ClNO3. The molecule has 100 valence electrons. The van der Waals surface area contributed by atoms with Gasteiger partial charge in [0.25, 0.3) is 5.91 Å². The number of fused-ring (bicyclic) bond motifs is 1. The van der Waals surface area contributed by atoms with Crippen molar-refractivity contribution >= 4 is 34.2 Å². The van der Waals surface area contributed by atoms with E-state index in [4.69, 9.17) is 16.0 Å². The van der Waals surface area contributed by atoms with E-state index in [0.29, 0.717) is 11.3 Å². The van der Waals surface area contributed by atoms with E-state index in [1.807, 2.05) is 18.2 Å². The van der Waals surface area contributed by atoms with Crippen molar-refractivity contribution in [2.75, 3.05) is 5.32 Å². The molecule has 2 N–H and O–H groups in total. The average Bonchev–Trinajstić information content (AvgIpc) is 2.87. The fourth-order valence-corrected chi connectivity index (χ4v) is 1.99. The third-order valence-corrected chi connectivity index (χ3v) is 3.17. The van der Waals surface area contributed by atoms with Crippen LogP contribution in [0.4, 0.5) is 5.69 Å². The van der Waals surface area contributed by atoms with Crippen LogP contribution in [-0.4, -0.2) is 11.0 Å². The SMILES string of the molecule is O=C(Nc1ccc(Cl)c(O)c1)c1cc2ccccc2o1. The quantitative estimate of drug-likeness (QED) is 0.747. The molecule has 3 aromatic rings. The number of para-hydroxylation sites is 1. The summed E-state index contributed by atoms with van der Waals surface area (Å²) in [5, 5.41) is 13.2. The normalized spacial score (nSPS) is 10.7. The van der Waals surface area contributed by atoms with Gasteiger partial charge in [0.1, 0.15) is 11.3 Å². The molecule has 0 atom stereocenters. The van der Waals surface area contributed by atoms with E-state index < -0.39 is 0 Å². The average molecular weight is 288 g/mol. The maximum Gasteiger partial charge on any atom is 0.291 e. The molecule has 0 aliphatic carbocycles. The number of rotatable bonds is 2. The number of aromatic hydroxyl groups is 1. The second-order valence-electron chi connectivity index (χ2n) is 4.27. The maximum atomic E-state index is 12.1. The Labute approximate surface area is 119 Å². The molecular weight excluding hydrogens is 278 g/mol. The number of halogens is 1. The lowest BCUT2D eigenvalue weighted by Gasteiger charge is -2.04. The minimum absolute atomic E-state index is 0.0888. The van der Waals surface area contributed by atoms with Gasteiger partial charge in [-0.1, -0.05) is 29.8 Å². The van der Waals surface area contributed by atoms with Crippen molar-refractivity contribution in [3.63, 3.8) is 0 Å². The molecule has 0 fully saturated rings. The summed E-state index contributed by atoms with van der Waals surface area (Å²) >= 11 is 5.71. The van der Waals surface area contributed by atoms with Gasteiger partial charge in [-0.15, -0.1) is 0 Å². The summed E-state index contributed by atoms with van der Waals surface area (Å²) in [6.07, 6.45) is 0. The highest BCUT2D eigenvalue weighted by Gasteiger charge is 2.12. The largest absolute Gasteiger partial charge is 0.506 e. The highest BCUT2D eigenvalue weighted by atomic mass is 35.5. The Hall–Kier alpha value is -2.46. The fourth-order valence-electron chi connectivity index (χ4n) is 1.88. The molecule has 1 amide bonds. The Morgan fingerprint density at radius 2 is 1.95 bits per heavy atom. The van der Waals surface area contributed by atoms with Gasteiger partial charge in [-0.25, -0.2) is 0 Å². The summed E-state index contributed by atoms with van der Waals surface area (Å²) in [7, 11) is 0. The van der Waals surface area contributed by atoms with Gasteiger partial charge in [0, 0.05) is 17.1 Å². The van der Waals surface area contributed by atoms with Gasteiger partial charge in [0.2, 0.25) is 0 Å². The van der Waals surface area contributed by atoms with E-state index in [1.165, 1.54) is 12.1 Å². The van der Waals surface area contributed by atoms with Gasteiger partial charge in [0.15, 0.2) is 5.76 Å². The van der Waals surface area contributed by atoms with Crippen molar-refractivity contribution in [1.82, 2.24) is 0 Å². The molecule has 0 aliphatic heterocycles. The zero-order valence-electron chi connectivity index (χ0n) is 10.3. The lowest BCUT2D eigenvalue weighted by molar-refractivity contribution is 0.0998. The third-order valence-electron chi connectivity index (χ3n) is 2.85. The minimum Gasteiger partial charge on any atom is -0.506 e. The van der Waals surface area contributed by atoms with Crippen LogP contribution in [0.1, 0.15) is 10.6 Å². The second kappa shape index (κ2) is 4.90. The van der Waals surface area contributed by atoms with E-state index in [0.717, 1.165) is 5.39 Å². The Kier molecular flexibility index (Phi) is 3.08. The number of carbonyl (C=O) groups excluding carboxylic acids is 1. The number of phenolic OH excluding ortho intramolecular Hbond substituents is 1. The number of anilines is 1. The number of carbonyl (C=O) groups is 1. The Morgan fingerprint density at radius 3 is 2.70 bits per heavy atom. The number of amides is 1. The van der Waals surface area contributed by atoms with Crippen LogP contribution in [0.15, 0.2) is 52.9 Å². The highest BCUT2D eigenvalue weighted by molar-refractivity contribution is 6.32. The van der Waals surface area contributed by atoms with Crippen LogP contribution in [-0.2, 0) is 0 Å². The van der Waals surface area contributed by atoms with E-state index >= 15 is 0 Å². The second-order valence-corrected chi connectivity index (χ2v) is 4.68. The summed E-state index contributed by atoms with van der Waals surface area (Å²) in [4.78, 5) is 12.1. The van der Waals surface area contributed by atoms with Crippen LogP contribution in [0.2, 0.25) is 5.02 Å². The van der Waals surface area contributed by atoms with Gasteiger partial charge in [0.05, 0.1) is 5.02 Å². The first-order valence-corrected chi connectivity index (χ1v) is 6.30. The molecule has 0 bridgehead atoms. The van der Waals surface area contributed by atoms with Gasteiger partial charge >= 0.3 is 0 Å². The number of nitrogens with one attached hydrogen (secondary N) is 1.